The first-order chi connectivity index (χ1) is 10.6. The summed E-state index contributed by atoms with van der Waals surface area (Å²) in [7, 11) is 1.53. The Morgan fingerprint density at radius 3 is 2.59 bits per heavy atom. The van der Waals surface area contributed by atoms with Crippen LogP contribution in [0.4, 0.5) is 14.5 Å². The molecule has 3 nitrogen and oxygen atoms in total. The summed E-state index contributed by atoms with van der Waals surface area (Å²) in [4.78, 5) is 12.5. The third-order valence-electron chi connectivity index (χ3n) is 2.92. The first kappa shape index (κ1) is 16.3. The lowest BCUT2D eigenvalue weighted by atomic mass is 10.1. The second-order valence-electron chi connectivity index (χ2n) is 4.41. The van der Waals surface area contributed by atoms with Gasteiger partial charge in [0.05, 0.1) is 19.2 Å². The summed E-state index contributed by atoms with van der Waals surface area (Å²) in [6, 6.07) is 13.7. The molecule has 22 heavy (non-hydrogen) atoms. The van der Waals surface area contributed by atoms with E-state index in [1.54, 1.807) is 36.4 Å². The van der Waals surface area contributed by atoms with Crippen LogP contribution in [0.15, 0.2) is 53.4 Å². The zero-order valence-corrected chi connectivity index (χ0v) is 12.7. The molecule has 0 saturated carbocycles. The van der Waals surface area contributed by atoms with E-state index in [0.29, 0.717) is 28.1 Å². The molecule has 0 heterocycles. The molecule has 1 N–H and O–H groups in total. The quantitative estimate of drug-likeness (QED) is 0.810. The summed E-state index contributed by atoms with van der Waals surface area (Å²) in [5.74, 6) is -2.20. The van der Waals surface area contributed by atoms with E-state index in [-0.39, 0.29) is 12.3 Å². The predicted molar refractivity (Wildman–Crippen MR) is 83.6 cm³/mol. The second-order valence-corrected chi connectivity index (χ2v) is 5.44. The maximum absolute atomic E-state index is 12.5. The number of amides is 1. The van der Waals surface area contributed by atoms with Gasteiger partial charge in [-0.25, -0.2) is 0 Å². The predicted octanol–water partition coefficient (Wildman–Crippen LogP) is 4.19. The zero-order chi connectivity index (χ0) is 15.9. The number of para-hydroxylation sites is 2. The smallest absolute Gasteiger partial charge is 0.288 e. The highest BCUT2D eigenvalue weighted by Gasteiger charge is 2.13. The van der Waals surface area contributed by atoms with Crippen LogP contribution in [0.1, 0.15) is 5.56 Å². The van der Waals surface area contributed by atoms with Gasteiger partial charge in [-0.3, -0.25) is 4.79 Å². The minimum absolute atomic E-state index is 0.109. The fraction of sp³-hybridized carbons (Fsp3) is 0.188. The molecule has 0 radical (unpaired) electrons. The normalized spacial score (nSPS) is 10.5. The maximum Gasteiger partial charge on any atom is 0.288 e. The molecule has 1 amide bonds. The molecule has 0 fully saturated rings. The minimum atomic E-state index is -2.53. The molecule has 0 aromatic heterocycles. The van der Waals surface area contributed by atoms with Crippen molar-refractivity contribution in [2.75, 3.05) is 12.4 Å². The van der Waals surface area contributed by atoms with Gasteiger partial charge in [-0.05, 0) is 18.2 Å². The van der Waals surface area contributed by atoms with E-state index in [9.17, 15) is 13.6 Å². The number of methoxy groups -OCH3 is 1. The largest absolute Gasteiger partial charge is 0.496 e. The fourth-order valence-corrected chi connectivity index (χ4v) is 2.58. The standard InChI is InChI=1S/C16H15F2NO2S/c1-21-13-8-4-2-6-11(13)10-15(20)19-12-7-3-5-9-14(12)22-16(17)18/h2-9,16H,10H2,1H3,(H,19,20). The van der Waals surface area contributed by atoms with Crippen molar-refractivity contribution in [3.63, 3.8) is 0 Å². The number of rotatable bonds is 6. The molecule has 2 aromatic carbocycles. The average molecular weight is 323 g/mol. The zero-order valence-electron chi connectivity index (χ0n) is 11.9. The lowest BCUT2D eigenvalue weighted by Gasteiger charge is -2.11. The second kappa shape index (κ2) is 7.79. The van der Waals surface area contributed by atoms with Crippen molar-refractivity contribution in [2.45, 2.75) is 17.1 Å². The molecule has 0 saturated heterocycles. The number of carbonyl (C=O) groups excluding carboxylic acids is 1. The van der Waals surface area contributed by atoms with Gasteiger partial charge in [-0.15, -0.1) is 0 Å². The van der Waals surface area contributed by atoms with Gasteiger partial charge >= 0.3 is 0 Å². The molecule has 0 atom stereocenters. The van der Waals surface area contributed by atoms with E-state index in [1.165, 1.54) is 7.11 Å². The summed E-state index contributed by atoms with van der Waals surface area (Å²) in [6.45, 7) is 0. The Labute approximate surface area is 131 Å². The number of alkyl halides is 2. The number of benzene rings is 2. The van der Waals surface area contributed by atoms with E-state index in [4.69, 9.17) is 4.74 Å². The molecule has 6 heteroatoms. The molecule has 2 aromatic rings. The van der Waals surface area contributed by atoms with Crippen LogP contribution >= 0.6 is 11.8 Å². The van der Waals surface area contributed by atoms with Crippen LogP contribution in [0.5, 0.6) is 5.75 Å². The van der Waals surface area contributed by atoms with Crippen molar-refractivity contribution in [2.24, 2.45) is 0 Å². The van der Waals surface area contributed by atoms with Crippen molar-refractivity contribution >= 4 is 23.4 Å². The Bertz CT molecular complexity index is 650. The van der Waals surface area contributed by atoms with Gasteiger partial charge in [-0.2, -0.15) is 8.78 Å². The van der Waals surface area contributed by atoms with Gasteiger partial charge in [-0.1, -0.05) is 42.1 Å². The van der Waals surface area contributed by atoms with Crippen LogP contribution in [0.2, 0.25) is 0 Å². The van der Waals surface area contributed by atoms with Crippen LogP contribution in [-0.2, 0) is 11.2 Å². The van der Waals surface area contributed by atoms with Crippen molar-refractivity contribution in [3.8, 4) is 5.75 Å². The van der Waals surface area contributed by atoms with Crippen LogP contribution in [0.25, 0.3) is 0 Å². The maximum atomic E-state index is 12.5. The van der Waals surface area contributed by atoms with Gasteiger partial charge in [0.15, 0.2) is 0 Å². The van der Waals surface area contributed by atoms with Crippen LogP contribution in [0.3, 0.4) is 0 Å². The lowest BCUT2D eigenvalue weighted by molar-refractivity contribution is -0.115. The van der Waals surface area contributed by atoms with E-state index < -0.39 is 5.76 Å². The lowest BCUT2D eigenvalue weighted by Crippen LogP contribution is -2.15. The van der Waals surface area contributed by atoms with Crippen molar-refractivity contribution in [1.82, 2.24) is 0 Å². The number of halogens is 2. The van der Waals surface area contributed by atoms with E-state index >= 15 is 0 Å². The highest BCUT2D eigenvalue weighted by Crippen LogP contribution is 2.31. The summed E-state index contributed by atoms with van der Waals surface area (Å²) in [6.07, 6.45) is 0.109. The van der Waals surface area contributed by atoms with E-state index in [0.717, 1.165) is 5.56 Å². The van der Waals surface area contributed by atoms with Crippen molar-refractivity contribution in [1.29, 1.82) is 0 Å². The Hall–Kier alpha value is -2.08. The van der Waals surface area contributed by atoms with Crippen molar-refractivity contribution in [3.05, 3.63) is 54.1 Å². The average Bonchev–Trinajstić information content (AvgIpc) is 2.49. The summed E-state index contributed by atoms with van der Waals surface area (Å²) >= 11 is 0.408. The molecule has 0 spiro atoms. The SMILES string of the molecule is COc1ccccc1CC(=O)Nc1ccccc1SC(F)F. The third kappa shape index (κ3) is 4.46. The molecule has 0 aliphatic heterocycles. The number of hydrogen-bond donors (Lipinski definition) is 1. The summed E-state index contributed by atoms with van der Waals surface area (Å²) in [5.41, 5.74) is 1.12. The number of anilines is 1. The van der Waals surface area contributed by atoms with Gasteiger partial charge in [0.25, 0.3) is 5.76 Å². The number of hydrogen-bond acceptors (Lipinski definition) is 3. The molecular formula is C16H15F2NO2S. The molecule has 0 unspecified atom stereocenters. The number of nitrogens with one attached hydrogen (secondary N) is 1. The Morgan fingerprint density at radius 1 is 1.18 bits per heavy atom. The summed E-state index contributed by atoms with van der Waals surface area (Å²) < 4.78 is 30.2. The van der Waals surface area contributed by atoms with Crippen LogP contribution in [0, 0.1) is 0 Å². The highest BCUT2D eigenvalue weighted by molar-refractivity contribution is 7.99. The molecule has 116 valence electrons. The van der Waals surface area contributed by atoms with Gasteiger partial charge in [0.1, 0.15) is 5.75 Å². The van der Waals surface area contributed by atoms with E-state index in [1.807, 2.05) is 12.1 Å². The minimum Gasteiger partial charge on any atom is -0.496 e. The fourth-order valence-electron chi connectivity index (χ4n) is 1.99. The van der Waals surface area contributed by atoms with Crippen LogP contribution in [-0.4, -0.2) is 18.8 Å². The van der Waals surface area contributed by atoms with Gasteiger partial charge < -0.3 is 10.1 Å². The molecular weight excluding hydrogens is 308 g/mol. The molecule has 0 bridgehead atoms. The third-order valence-corrected chi connectivity index (χ3v) is 3.71. The number of carbonyl (C=O) groups is 1. The number of thioether (sulfide) groups is 1. The first-order valence-electron chi connectivity index (χ1n) is 6.55. The Morgan fingerprint density at radius 2 is 1.86 bits per heavy atom. The van der Waals surface area contributed by atoms with E-state index in [2.05, 4.69) is 5.32 Å². The summed E-state index contributed by atoms with van der Waals surface area (Å²) in [5, 5.41) is 2.67. The van der Waals surface area contributed by atoms with Crippen molar-refractivity contribution < 1.29 is 18.3 Å². The number of ether oxygens (including phenoxy) is 1. The monoisotopic (exact) mass is 323 g/mol. The van der Waals surface area contributed by atoms with Gasteiger partial charge in [0, 0.05) is 10.5 Å². The Balaban J connectivity index is 2.09. The van der Waals surface area contributed by atoms with Crippen LogP contribution < -0.4 is 10.1 Å². The Kier molecular flexibility index (Phi) is 5.77. The van der Waals surface area contributed by atoms with Gasteiger partial charge in [0.2, 0.25) is 5.91 Å². The topological polar surface area (TPSA) is 38.3 Å². The highest BCUT2D eigenvalue weighted by atomic mass is 32.2. The molecule has 0 aliphatic rings. The first-order valence-corrected chi connectivity index (χ1v) is 7.43. The molecule has 2 rings (SSSR count). The molecule has 0 aliphatic carbocycles.